The second-order valence-corrected chi connectivity index (χ2v) is 6.66. The van der Waals surface area contributed by atoms with E-state index >= 15 is 0 Å². The van der Waals surface area contributed by atoms with Crippen LogP contribution in [0.2, 0.25) is 0 Å². The zero-order valence-corrected chi connectivity index (χ0v) is 15.9. The smallest absolute Gasteiger partial charge is 0.232 e. The van der Waals surface area contributed by atoms with Crippen molar-refractivity contribution in [3.8, 4) is 11.5 Å². The molecule has 128 valence electrons. The maximum absolute atomic E-state index is 12.9. The highest BCUT2D eigenvalue weighted by Gasteiger charge is 2.26. The monoisotopic (exact) mass is 391 g/mol. The summed E-state index contributed by atoms with van der Waals surface area (Å²) in [4.78, 5) is 12.9. The van der Waals surface area contributed by atoms with Crippen LogP contribution in [0.3, 0.4) is 0 Å². The number of ether oxygens (including phenoxy) is 2. The lowest BCUT2D eigenvalue weighted by molar-refractivity contribution is -0.118. The summed E-state index contributed by atoms with van der Waals surface area (Å²) in [6, 6.07) is 13.2. The van der Waals surface area contributed by atoms with E-state index in [-0.39, 0.29) is 17.7 Å². The van der Waals surface area contributed by atoms with E-state index in [1.165, 1.54) is 0 Å². The van der Waals surface area contributed by atoms with Gasteiger partial charge in [0.2, 0.25) is 5.91 Å². The number of halogens is 1. The molecule has 0 aliphatic carbocycles. The second kappa shape index (κ2) is 8.20. The molecule has 0 saturated heterocycles. The molecule has 5 heteroatoms. The van der Waals surface area contributed by atoms with Gasteiger partial charge in [-0.1, -0.05) is 32.0 Å². The lowest BCUT2D eigenvalue weighted by Gasteiger charge is -2.22. The number of carbonyl (C=O) groups is 1. The summed E-state index contributed by atoms with van der Waals surface area (Å²) in [7, 11) is 3.18. The van der Waals surface area contributed by atoms with Gasteiger partial charge in [0, 0.05) is 4.47 Å². The van der Waals surface area contributed by atoms with Crippen LogP contribution in [-0.4, -0.2) is 20.1 Å². The summed E-state index contributed by atoms with van der Waals surface area (Å²) in [6.07, 6.45) is 0. The molecule has 4 nitrogen and oxygen atoms in total. The van der Waals surface area contributed by atoms with Crippen molar-refractivity contribution in [3.05, 3.63) is 52.5 Å². The van der Waals surface area contributed by atoms with Crippen molar-refractivity contribution in [1.29, 1.82) is 0 Å². The maximum Gasteiger partial charge on any atom is 0.232 e. The van der Waals surface area contributed by atoms with Gasteiger partial charge in [-0.2, -0.15) is 0 Å². The van der Waals surface area contributed by atoms with E-state index in [1.54, 1.807) is 14.2 Å². The number of nitrogens with one attached hydrogen (secondary N) is 1. The molecular formula is C19H22BrNO3. The third-order valence-electron chi connectivity index (χ3n) is 3.85. The summed E-state index contributed by atoms with van der Waals surface area (Å²) < 4.78 is 11.5. The van der Waals surface area contributed by atoms with Gasteiger partial charge in [-0.3, -0.25) is 4.79 Å². The van der Waals surface area contributed by atoms with E-state index in [9.17, 15) is 4.79 Å². The van der Waals surface area contributed by atoms with Crippen LogP contribution >= 0.6 is 15.9 Å². The number of hydrogen-bond donors (Lipinski definition) is 1. The summed E-state index contributed by atoms with van der Waals surface area (Å²) in [5.41, 5.74) is 1.65. The first-order chi connectivity index (χ1) is 11.5. The minimum Gasteiger partial charge on any atom is -0.493 e. The fraction of sp³-hybridized carbons (Fsp3) is 0.316. The van der Waals surface area contributed by atoms with Crippen LogP contribution in [0.1, 0.15) is 25.3 Å². The molecule has 0 aliphatic rings. The Morgan fingerprint density at radius 3 is 2.29 bits per heavy atom. The van der Waals surface area contributed by atoms with Gasteiger partial charge in [-0.15, -0.1) is 0 Å². The number of rotatable bonds is 6. The van der Waals surface area contributed by atoms with Gasteiger partial charge in [0.05, 0.1) is 25.8 Å². The predicted octanol–water partition coefficient (Wildman–Crippen LogP) is 4.84. The minimum atomic E-state index is -0.295. The van der Waals surface area contributed by atoms with Crippen molar-refractivity contribution in [2.24, 2.45) is 5.92 Å². The van der Waals surface area contributed by atoms with E-state index in [2.05, 4.69) is 21.2 Å². The van der Waals surface area contributed by atoms with Gasteiger partial charge >= 0.3 is 0 Å². The number of para-hydroxylation sites is 1. The van der Waals surface area contributed by atoms with Gasteiger partial charge in [-0.25, -0.2) is 0 Å². The first-order valence-electron chi connectivity index (χ1n) is 7.75. The number of hydrogen-bond acceptors (Lipinski definition) is 3. The van der Waals surface area contributed by atoms with E-state index in [0.29, 0.717) is 11.5 Å². The normalized spacial score (nSPS) is 11.9. The Labute approximate surface area is 151 Å². The Morgan fingerprint density at radius 1 is 1.04 bits per heavy atom. The zero-order chi connectivity index (χ0) is 17.7. The number of anilines is 1. The highest BCUT2D eigenvalue weighted by molar-refractivity contribution is 9.10. The zero-order valence-electron chi connectivity index (χ0n) is 14.3. The van der Waals surface area contributed by atoms with Gasteiger partial charge < -0.3 is 14.8 Å². The van der Waals surface area contributed by atoms with E-state index < -0.39 is 0 Å². The molecule has 0 spiro atoms. The number of benzene rings is 2. The quantitative estimate of drug-likeness (QED) is 0.765. The summed E-state index contributed by atoms with van der Waals surface area (Å²) in [5.74, 6) is 1.05. The van der Waals surface area contributed by atoms with E-state index in [1.807, 2.05) is 56.3 Å². The van der Waals surface area contributed by atoms with Crippen molar-refractivity contribution in [2.45, 2.75) is 19.8 Å². The summed E-state index contributed by atoms with van der Waals surface area (Å²) >= 11 is 3.46. The Bertz CT molecular complexity index is 716. The van der Waals surface area contributed by atoms with Crippen molar-refractivity contribution < 1.29 is 14.3 Å². The third-order valence-corrected chi connectivity index (χ3v) is 4.54. The fourth-order valence-electron chi connectivity index (χ4n) is 2.66. The van der Waals surface area contributed by atoms with Crippen LogP contribution < -0.4 is 14.8 Å². The maximum atomic E-state index is 12.9. The molecule has 1 atom stereocenters. The molecule has 1 N–H and O–H groups in total. The molecule has 0 aromatic heterocycles. The Kier molecular flexibility index (Phi) is 6.26. The average Bonchev–Trinajstić information content (AvgIpc) is 2.56. The van der Waals surface area contributed by atoms with E-state index in [0.717, 1.165) is 15.7 Å². The highest BCUT2D eigenvalue weighted by Crippen LogP contribution is 2.34. The number of carbonyl (C=O) groups excluding carboxylic acids is 1. The largest absolute Gasteiger partial charge is 0.493 e. The SMILES string of the molecule is COc1ccc(C(C(=O)Nc2ccccc2Br)C(C)C)cc1OC. The van der Waals surface area contributed by atoms with Crippen molar-refractivity contribution in [2.75, 3.05) is 19.5 Å². The highest BCUT2D eigenvalue weighted by atomic mass is 79.9. The van der Waals surface area contributed by atoms with E-state index in [4.69, 9.17) is 9.47 Å². The Morgan fingerprint density at radius 2 is 1.71 bits per heavy atom. The van der Waals surface area contributed by atoms with Crippen LogP contribution in [0.25, 0.3) is 0 Å². The van der Waals surface area contributed by atoms with Crippen molar-refractivity contribution >= 4 is 27.5 Å². The Hall–Kier alpha value is -2.01. The molecule has 0 fully saturated rings. The molecule has 2 rings (SSSR count). The molecular weight excluding hydrogens is 370 g/mol. The van der Waals surface area contributed by atoms with Gasteiger partial charge in [0.1, 0.15) is 0 Å². The molecule has 0 heterocycles. The summed E-state index contributed by atoms with van der Waals surface area (Å²) in [6.45, 7) is 4.06. The molecule has 2 aromatic carbocycles. The molecule has 1 amide bonds. The lowest BCUT2D eigenvalue weighted by Crippen LogP contribution is -2.25. The fourth-order valence-corrected chi connectivity index (χ4v) is 3.04. The van der Waals surface area contributed by atoms with Gasteiger partial charge in [0.15, 0.2) is 11.5 Å². The first-order valence-corrected chi connectivity index (χ1v) is 8.54. The predicted molar refractivity (Wildman–Crippen MR) is 99.9 cm³/mol. The van der Waals surface area contributed by atoms with Gasteiger partial charge in [-0.05, 0) is 51.7 Å². The standard InChI is InChI=1S/C19H22BrNO3/c1-12(2)18(13-9-10-16(23-3)17(11-13)24-4)19(22)21-15-8-6-5-7-14(15)20/h5-12,18H,1-4H3,(H,21,22). The average molecular weight is 392 g/mol. The van der Waals surface area contributed by atoms with Crippen molar-refractivity contribution in [1.82, 2.24) is 0 Å². The molecule has 0 saturated carbocycles. The molecule has 0 radical (unpaired) electrons. The number of methoxy groups -OCH3 is 2. The van der Waals surface area contributed by atoms with Crippen LogP contribution in [0.5, 0.6) is 11.5 Å². The molecule has 2 aromatic rings. The minimum absolute atomic E-state index is 0.0517. The Balaban J connectivity index is 2.32. The van der Waals surface area contributed by atoms with Crippen LogP contribution in [0.15, 0.2) is 46.9 Å². The van der Waals surface area contributed by atoms with Gasteiger partial charge in [0.25, 0.3) is 0 Å². The molecule has 0 bridgehead atoms. The molecule has 1 unspecified atom stereocenters. The van der Waals surface area contributed by atoms with Crippen molar-refractivity contribution in [3.63, 3.8) is 0 Å². The number of amides is 1. The van der Waals surface area contributed by atoms with Crippen LogP contribution in [0.4, 0.5) is 5.69 Å². The molecule has 0 aliphatic heterocycles. The second-order valence-electron chi connectivity index (χ2n) is 5.81. The third kappa shape index (κ3) is 4.09. The van der Waals surface area contributed by atoms with Crippen LogP contribution in [0, 0.1) is 5.92 Å². The summed E-state index contributed by atoms with van der Waals surface area (Å²) in [5, 5.41) is 3.00. The lowest BCUT2D eigenvalue weighted by atomic mass is 9.87. The topological polar surface area (TPSA) is 47.6 Å². The van der Waals surface area contributed by atoms with Crippen LogP contribution in [-0.2, 0) is 4.79 Å². The molecule has 24 heavy (non-hydrogen) atoms. The first kappa shape index (κ1) is 18.3.